The number of alkyl carbamates (subject to hydrolysis) is 1. The number of cyclic esters (lactones) is 1. The lowest BCUT2D eigenvalue weighted by Gasteiger charge is -2.26. The van der Waals surface area contributed by atoms with Gasteiger partial charge in [0.15, 0.2) is 12.3 Å². The van der Waals surface area contributed by atoms with E-state index in [1.54, 1.807) is 0 Å². The Morgan fingerprint density at radius 2 is 2.25 bits per heavy atom. The number of ether oxygens (including phenoxy) is 1. The monoisotopic (exact) mass is 247 g/mol. The van der Waals surface area contributed by atoms with Crippen molar-refractivity contribution >= 4 is 17.7 Å². The summed E-state index contributed by atoms with van der Waals surface area (Å²) < 4.78 is 31.3. The van der Waals surface area contributed by atoms with Gasteiger partial charge in [0.1, 0.15) is 5.82 Å². The number of carbonyl (C=O) groups excluding carboxylic acids is 1. The smallest absolute Gasteiger partial charge is 0.407 e. The van der Waals surface area contributed by atoms with Gasteiger partial charge in [0.2, 0.25) is 0 Å². The van der Waals surface area contributed by atoms with Crippen LogP contribution in [0, 0.1) is 5.82 Å². The van der Waals surface area contributed by atoms with Gasteiger partial charge < -0.3 is 10.1 Å². The van der Waals surface area contributed by atoms with Gasteiger partial charge in [0.25, 0.3) is 0 Å². The number of amides is 1. The van der Waals surface area contributed by atoms with E-state index < -0.39 is 24.2 Å². The van der Waals surface area contributed by atoms with Crippen LogP contribution in [0.2, 0.25) is 5.02 Å². The van der Waals surface area contributed by atoms with Crippen molar-refractivity contribution in [3.8, 4) is 0 Å². The molecule has 0 spiro atoms. The van der Waals surface area contributed by atoms with Crippen molar-refractivity contribution in [1.82, 2.24) is 5.32 Å². The Morgan fingerprint density at radius 1 is 1.50 bits per heavy atom. The zero-order chi connectivity index (χ0) is 11.7. The van der Waals surface area contributed by atoms with E-state index in [2.05, 4.69) is 5.32 Å². The second kappa shape index (κ2) is 4.25. The van der Waals surface area contributed by atoms with Crippen molar-refractivity contribution in [1.29, 1.82) is 0 Å². The van der Waals surface area contributed by atoms with Gasteiger partial charge in [-0.25, -0.2) is 13.6 Å². The molecular weight excluding hydrogens is 240 g/mol. The molecule has 2 atom stereocenters. The van der Waals surface area contributed by atoms with Crippen molar-refractivity contribution in [2.75, 3.05) is 6.54 Å². The quantitative estimate of drug-likeness (QED) is 0.828. The molecule has 0 aliphatic carbocycles. The average molecular weight is 248 g/mol. The van der Waals surface area contributed by atoms with Crippen molar-refractivity contribution in [2.24, 2.45) is 0 Å². The highest BCUT2D eigenvalue weighted by molar-refractivity contribution is 6.30. The van der Waals surface area contributed by atoms with Crippen LogP contribution in [0.5, 0.6) is 0 Å². The zero-order valence-corrected chi connectivity index (χ0v) is 8.80. The first-order valence-corrected chi connectivity index (χ1v) is 4.99. The molecule has 3 nitrogen and oxygen atoms in total. The van der Waals surface area contributed by atoms with Gasteiger partial charge >= 0.3 is 6.09 Å². The maximum absolute atomic E-state index is 13.4. The first-order valence-electron chi connectivity index (χ1n) is 4.61. The summed E-state index contributed by atoms with van der Waals surface area (Å²) in [7, 11) is 0. The third-order valence-electron chi connectivity index (χ3n) is 2.28. The third kappa shape index (κ3) is 2.09. The highest BCUT2D eigenvalue weighted by Crippen LogP contribution is 2.28. The number of halogens is 3. The predicted octanol–water partition coefficient (Wildman–Crippen LogP) is 2.60. The maximum atomic E-state index is 13.4. The lowest BCUT2D eigenvalue weighted by atomic mass is 10.0. The lowest BCUT2D eigenvalue weighted by molar-refractivity contribution is 0.0192. The van der Waals surface area contributed by atoms with Crippen molar-refractivity contribution < 1.29 is 18.3 Å². The fourth-order valence-electron chi connectivity index (χ4n) is 1.48. The van der Waals surface area contributed by atoms with Gasteiger partial charge in [-0.1, -0.05) is 17.7 Å². The second-order valence-electron chi connectivity index (χ2n) is 3.40. The first kappa shape index (κ1) is 11.1. The normalized spacial score (nSPS) is 24.8. The van der Waals surface area contributed by atoms with Crippen molar-refractivity contribution in [3.63, 3.8) is 0 Å². The SMILES string of the molecule is O=C1NC[C@@H](F)[C@@H](c2ccc(Cl)c(F)c2)O1. The number of alkyl halides is 1. The van der Waals surface area contributed by atoms with Gasteiger partial charge in [0, 0.05) is 0 Å². The van der Waals surface area contributed by atoms with Crippen LogP contribution in [0.15, 0.2) is 18.2 Å². The number of rotatable bonds is 1. The molecule has 86 valence electrons. The van der Waals surface area contributed by atoms with Crippen LogP contribution >= 0.6 is 11.6 Å². The predicted molar refractivity (Wildman–Crippen MR) is 53.5 cm³/mol. The number of nitrogens with one attached hydrogen (secondary N) is 1. The van der Waals surface area contributed by atoms with Crippen LogP contribution in [-0.2, 0) is 4.74 Å². The number of benzene rings is 1. The Labute approximate surface area is 95.3 Å². The van der Waals surface area contributed by atoms with Crippen LogP contribution in [0.25, 0.3) is 0 Å². The highest BCUT2D eigenvalue weighted by Gasteiger charge is 2.32. The fourth-order valence-corrected chi connectivity index (χ4v) is 1.60. The summed E-state index contributed by atoms with van der Waals surface area (Å²) in [6.45, 7) is -0.145. The van der Waals surface area contributed by atoms with E-state index in [4.69, 9.17) is 16.3 Å². The van der Waals surface area contributed by atoms with Gasteiger partial charge in [-0.15, -0.1) is 0 Å². The molecule has 0 aromatic heterocycles. The summed E-state index contributed by atoms with van der Waals surface area (Å²) in [5, 5.41) is 2.15. The fraction of sp³-hybridized carbons (Fsp3) is 0.300. The van der Waals surface area contributed by atoms with E-state index in [0.29, 0.717) is 0 Å². The average Bonchev–Trinajstić information content (AvgIpc) is 2.26. The molecule has 0 bridgehead atoms. The number of hydrogen-bond donors (Lipinski definition) is 1. The standard InChI is InChI=1S/C10H8ClF2NO2/c11-6-2-1-5(3-7(6)12)9-8(13)4-14-10(15)16-9/h1-3,8-9H,4H2,(H,14,15)/t8-,9-/m1/s1. The van der Waals surface area contributed by atoms with E-state index in [9.17, 15) is 13.6 Å². The summed E-state index contributed by atoms with van der Waals surface area (Å²) >= 11 is 5.50. The molecule has 16 heavy (non-hydrogen) atoms. The Morgan fingerprint density at radius 3 is 2.94 bits per heavy atom. The maximum Gasteiger partial charge on any atom is 0.407 e. The molecular formula is C10H8ClF2NO2. The molecule has 2 rings (SSSR count). The summed E-state index contributed by atoms with van der Waals surface area (Å²) in [5.74, 6) is -0.666. The van der Waals surface area contributed by atoms with Gasteiger partial charge in [-0.2, -0.15) is 0 Å². The molecule has 0 saturated carbocycles. The summed E-state index contributed by atoms with van der Waals surface area (Å²) in [5.41, 5.74) is 0.254. The molecule has 1 N–H and O–H groups in total. The molecule has 1 amide bonds. The molecule has 6 heteroatoms. The van der Waals surface area contributed by atoms with Gasteiger partial charge in [0.05, 0.1) is 11.6 Å². The van der Waals surface area contributed by atoms with E-state index in [0.717, 1.165) is 6.07 Å². The largest absolute Gasteiger partial charge is 0.438 e. The second-order valence-corrected chi connectivity index (χ2v) is 3.80. The summed E-state index contributed by atoms with van der Waals surface area (Å²) in [4.78, 5) is 10.9. The van der Waals surface area contributed by atoms with Crippen molar-refractivity contribution in [3.05, 3.63) is 34.6 Å². The van der Waals surface area contributed by atoms with E-state index in [-0.39, 0.29) is 17.1 Å². The van der Waals surface area contributed by atoms with Crippen molar-refractivity contribution in [2.45, 2.75) is 12.3 Å². The number of hydrogen-bond acceptors (Lipinski definition) is 2. The summed E-state index contributed by atoms with van der Waals surface area (Å²) in [6, 6.07) is 3.80. The topological polar surface area (TPSA) is 38.3 Å². The van der Waals surface area contributed by atoms with Gasteiger partial charge in [-0.3, -0.25) is 0 Å². The van der Waals surface area contributed by atoms with E-state index in [1.165, 1.54) is 12.1 Å². The molecule has 0 unspecified atom stereocenters. The summed E-state index contributed by atoms with van der Waals surface area (Å²) in [6.07, 6.45) is -3.20. The van der Waals surface area contributed by atoms with Crippen LogP contribution in [0.1, 0.15) is 11.7 Å². The minimum Gasteiger partial charge on any atom is -0.438 e. The first-order chi connectivity index (χ1) is 7.58. The Balaban J connectivity index is 2.28. The molecule has 1 aliphatic heterocycles. The molecule has 1 aromatic carbocycles. The molecule has 0 radical (unpaired) electrons. The van der Waals surface area contributed by atoms with E-state index >= 15 is 0 Å². The molecule has 1 aliphatic rings. The molecule has 1 saturated heterocycles. The minimum absolute atomic E-state index is 0.0561. The minimum atomic E-state index is -1.40. The lowest BCUT2D eigenvalue weighted by Crippen LogP contribution is -2.42. The van der Waals surface area contributed by atoms with E-state index in [1.807, 2.05) is 0 Å². The van der Waals surface area contributed by atoms with Gasteiger partial charge in [-0.05, 0) is 17.7 Å². The molecule has 1 fully saturated rings. The van der Waals surface area contributed by atoms with Crippen LogP contribution in [0.3, 0.4) is 0 Å². The molecule has 1 aromatic rings. The highest BCUT2D eigenvalue weighted by atomic mass is 35.5. The van der Waals surface area contributed by atoms with Crippen LogP contribution in [-0.4, -0.2) is 18.8 Å². The zero-order valence-electron chi connectivity index (χ0n) is 8.04. The Hall–Kier alpha value is -1.36. The molecule has 1 heterocycles. The van der Waals surface area contributed by atoms with Crippen LogP contribution < -0.4 is 5.32 Å². The Bertz CT molecular complexity index is 427. The number of carbonyl (C=O) groups is 1. The Kier molecular flexibility index (Phi) is 2.96. The third-order valence-corrected chi connectivity index (χ3v) is 2.58. The van der Waals surface area contributed by atoms with Crippen LogP contribution in [0.4, 0.5) is 13.6 Å².